The van der Waals surface area contributed by atoms with Gasteiger partial charge in [0.15, 0.2) is 17.3 Å². The smallest absolute Gasteiger partial charge is 0.283 e. The van der Waals surface area contributed by atoms with Gasteiger partial charge in [-0.05, 0) is 19.1 Å². The lowest BCUT2D eigenvalue weighted by molar-refractivity contribution is 0.632. The Kier molecular flexibility index (Phi) is 4.47. The van der Waals surface area contributed by atoms with Crippen LogP contribution in [0.3, 0.4) is 0 Å². The maximum atomic E-state index is 14.2. The molecule has 4 aromatic rings. The molecule has 4 rings (SSSR count). The maximum Gasteiger partial charge on any atom is 0.283 e. The zero-order valence-corrected chi connectivity index (χ0v) is 15.6. The summed E-state index contributed by atoms with van der Waals surface area (Å²) < 4.78 is 26.9. The molecule has 0 saturated carbocycles. The summed E-state index contributed by atoms with van der Waals surface area (Å²) in [6.45, 7) is 1.74. The third kappa shape index (κ3) is 3.07. The summed E-state index contributed by atoms with van der Waals surface area (Å²) in [5.74, 6) is -0.0353. The van der Waals surface area contributed by atoms with Crippen molar-refractivity contribution in [2.75, 3.05) is 16.4 Å². The summed E-state index contributed by atoms with van der Waals surface area (Å²) >= 11 is 0. The highest BCUT2D eigenvalue weighted by Crippen LogP contribution is 2.22. The zero-order valence-electron chi connectivity index (χ0n) is 14.8. The van der Waals surface area contributed by atoms with Gasteiger partial charge < -0.3 is 10.3 Å². The Morgan fingerprint density at radius 3 is 2.89 bits per heavy atom. The highest BCUT2D eigenvalue weighted by Gasteiger charge is 2.20. The first-order chi connectivity index (χ1) is 13.5. The minimum Gasteiger partial charge on any atom is -0.358 e. The van der Waals surface area contributed by atoms with Crippen LogP contribution in [-0.4, -0.2) is 40.1 Å². The van der Waals surface area contributed by atoms with E-state index in [-0.39, 0.29) is 16.7 Å². The van der Waals surface area contributed by atoms with Crippen molar-refractivity contribution in [1.29, 1.82) is 0 Å². The Labute approximate surface area is 159 Å². The SMILES string of the molecule is CC(Nc1ncnc2nc[nH]c12)c1nc2cccc(F)c2c(=O)n1NS(C)=O. The van der Waals surface area contributed by atoms with Crippen molar-refractivity contribution in [3.05, 3.63) is 52.8 Å². The minimum atomic E-state index is -1.58. The van der Waals surface area contributed by atoms with Crippen molar-refractivity contribution in [3.63, 3.8) is 0 Å². The number of hydrogen-bond acceptors (Lipinski definition) is 7. The summed E-state index contributed by atoms with van der Waals surface area (Å²) in [5, 5.41) is 2.94. The quantitative estimate of drug-likeness (QED) is 0.457. The van der Waals surface area contributed by atoms with Crippen molar-refractivity contribution in [3.8, 4) is 0 Å². The first-order valence-corrected chi connectivity index (χ1v) is 9.73. The van der Waals surface area contributed by atoms with E-state index >= 15 is 0 Å². The fourth-order valence-electron chi connectivity index (χ4n) is 2.86. The van der Waals surface area contributed by atoms with Crippen LogP contribution in [0, 0.1) is 5.82 Å². The molecule has 0 amide bonds. The molecule has 0 aliphatic rings. The van der Waals surface area contributed by atoms with Gasteiger partial charge >= 0.3 is 0 Å². The number of hydrogen-bond donors (Lipinski definition) is 3. The van der Waals surface area contributed by atoms with Crippen molar-refractivity contribution in [1.82, 2.24) is 29.6 Å². The summed E-state index contributed by atoms with van der Waals surface area (Å²) in [6.07, 6.45) is 4.20. The van der Waals surface area contributed by atoms with Gasteiger partial charge in [-0.3, -0.25) is 4.79 Å². The van der Waals surface area contributed by atoms with Crippen LogP contribution in [0.2, 0.25) is 0 Å². The number of imidazole rings is 1. The van der Waals surface area contributed by atoms with Crippen LogP contribution in [0.4, 0.5) is 10.2 Å². The first kappa shape index (κ1) is 18.0. The fraction of sp³-hybridized carbons (Fsp3) is 0.188. The normalized spacial score (nSPS) is 13.5. The number of aromatic nitrogens is 6. The third-order valence-corrected chi connectivity index (χ3v) is 4.50. The monoisotopic (exact) mass is 402 g/mol. The van der Waals surface area contributed by atoms with Crippen LogP contribution < -0.4 is 15.7 Å². The molecule has 0 bridgehead atoms. The molecule has 3 N–H and O–H groups in total. The number of halogens is 1. The Bertz CT molecular complexity index is 1270. The number of anilines is 1. The average Bonchev–Trinajstić information content (AvgIpc) is 3.13. The van der Waals surface area contributed by atoms with Crippen LogP contribution in [0.15, 0.2) is 35.6 Å². The lowest BCUT2D eigenvalue weighted by Crippen LogP contribution is -2.36. The molecule has 144 valence electrons. The van der Waals surface area contributed by atoms with Crippen LogP contribution >= 0.6 is 0 Å². The number of nitrogens with zero attached hydrogens (tertiary/aromatic N) is 5. The predicted molar refractivity (Wildman–Crippen MR) is 103 cm³/mol. The number of H-pyrrole nitrogens is 1. The molecule has 0 spiro atoms. The molecular weight excluding hydrogens is 387 g/mol. The van der Waals surface area contributed by atoms with Gasteiger partial charge in [-0.2, -0.15) is 4.68 Å². The van der Waals surface area contributed by atoms with Crippen LogP contribution in [0.5, 0.6) is 0 Å². The molecule has 0 fully saturated rings. The van der Waals surface area contributed by atoms with Crippen molar-refractivity contribution in [2.45, 2.75) is 13.0 Å². The number of benzene rings is 1. The van der Waals surface area contributed by atoms with Gasteiger partial charge in [0.2, 0.25) is 0 Å². The molecule has 3 aromatic heterocycles. The molecule has 12 heteroatoms. The lowest BCUT2D eigenvalue weighted by Gasteiger charge is -2.20. The van der Waals surface area contributed by atoms with E-state index in [2.05, 4.69) is 35.1 Å². The predicted octanol–water partition coefficient (Wildman–Crippen LogP) is 1.21. The number of fused-ring (bicyclic) bond motifs is 2. The molecular formula is C16H15FN8O2S. The van der Waals surface area contributed by atoms with E-state index in [1.165, 1.54) is 31.0 Å². The van der Waals surface area contributed by atoms with E-state index in [1.807, 2.05) is 0 Å². The highest BCUT2D eigenvalue weighted by atomic mass is 32.2. The van der Waals surface area contributed by atoms with E-state index in [9.17, 15) is 13.4 Å². The van der Waals surface area contributed by atoms with Gasteiger partial charge in [0, 0.05) is 6.26 Å². The van der Waals surface area contributed by atoms with Gasteiger partial charge in [0.1, 0.15) is 34.0 Å². The van der Waals surface area contributed by atoms with E-state index in [0.29, 0.717) is 17.0 Å². The summed E-state index contributed by atoms with van der Waals surface area (Å²) in [6, 6.07) is 3.63. The second-order valence-electron chi connectivity index (χ2n) is 5.98. The largest absolute Gasteiger partial charge is 0.358 e. The highest BCUT2D eigenvalue weighted by molar-refractivity contribution is 7.85. The van der Waals surface area contributed by atoms with Gasteiger partial charge in [-0.1, -0.05) is 6.07 Å². The lowest BCUT2D eigenvalue weighted by atomic mass is 10.2. The van der Waals surface area contributed by atoms with E-state index in [0.717, 1.165) is 4.68 Å². The number of rotatable bonds is 5. The summed E-state index contributed by atoms with van der Waals surface area (Å²) in [7, 11) is -1.58. The average molecular weight is 402 g/mol. The fourth-order valence-corrected chi connectivity index (χ4v) is 3.29. The van der Waals surface area contributed by atoms with Gasteiger partial charge in [-0.15, -0.1) is 0 Å². The maximum absolute atomic E-state index is 14.2. The Morgan fingerprint density at radius 1 is 1.29 bits per heavy atom. The van der Waals surface area contributed by atoms with Crippen LogP contribution in [-0.2, 0) is 11.0 Å². The van der Waals surface area contributed by atoms with Crippen molar-refractivity contribution >= 4 is 38.9 Å². The van der Waals surface area contributed by atoms with E-state index in [1.54, 1.807) is 13.0 Å². The van der Waals surface area contributed by atoms with E-state index < -0.39 is 28.4 Å². The van der Waals surface area contributed by atoms with Crippen LogP contribution in [0.25, 0.3) is 22.1 Å². The molecule has 3 heterocycles. The molecule has 0 aliphatic heterocycles. The molecule has 0 radical (unpaired) electrons. The van der Waals surface area contributed by atoms with Crippen LogP contribution in [0.1, 0.15) is 18.8 Å². The zero-order chi connectivity index (χ0) is 19.8. The second kappa shape index (κ2) is 6.96. The Balaban J connectivity index is 1.85. The first-order valence-electron chi connectivity index (χ1n) is 8.17. The Morgan fingerprint density at radius 2 is 2.11 bits per heavy atom. The summed E-state index contributed by atoms with van der Waals surface area (Å²) in [4.78, 5) is 35.0. The molecule has 28 heavy (non-hydrogen) atoms. The third-order valence-electron chi connectivity index (χ3n) is 4.06. The summed E-state index contributed by atoms with van der Waals surface area (Å²) in [5.41, 5.74) is 0.574. The molecule has 2 unspecified atom stereocenters. The molecule has 0 saturated heterocycles. The number of aromatic amines is 1. The molecule has 0 aliphatic carbocycles. The van der Waals surface area contributed by atoms with Gasteiger partial charge in [-0.25, -0.2) is 33.4 Å². The molecule has 10 nitrogen and oxygen atoms in total. The van der Waals surface area contributed by atoms with E-state index in [4.69, 9.17) is 0 Å². The van der Waals surface area contributed by atoms with Crippen molar-refractivity contribution < 1.29 is 8.60 Å². The Hall–Kier alpha value is -3.41. The van der Waals surface area contributed by atoms with Gasteiger partial charge in [0.25, 0.3) is 5.56 Å². The minimum absolute atomic E-state index is 0.186. The second-order valence-corrected chi connectivity index (χ2v) is 7.07. The van der Waals surface area contributed by atoms with Crippen molar-refractivity contribution in [2.24, 2.45) is 0 Å². The van der Waals surface area contributed by atoms with Gasteiger partial charge in [0.05, 0.1) is 17.9 Å². The molecule has 1 aromatic carbocycles. The topological polar surface area (TPSA) is 130 Å². The molecule has 2 atom stereocenters. The standard InChI is InChI=1S/C16H15FN8O2S/c1-8(22-14-12-13(19-6-18-12)20-7-21-14)15-23-10-5-3-4-9(17)11(10)16(26)25(15)24-28(2)27/h3-8,24H,1-2H3,(H2,18,19,20,21,22). The number of nitrogens with one attached hydrogen (secondary N) is 3.